The molecule has 0 amide bonds. The van der Waals surface area contributed by atoms with Gasteiger partial charge in [-0.2, -0.15) is 0 Å². The molecule has 3 nitrogen and oxygen atoms in total. The molecule has 3 heteroatoms. The van der Waals surface area contributed by atoms with Crippen LogP contribution in [-0.2, 0) is 13.0 Å². The smallest absolute Gasteiger partial charge is 0.231 e. The summed E-state index contributed by atoms with van der Waals surface area (Å²) in [6.07, 6.45) is 1.05. The number of hydrogen-bond donors (Lipinski definition) is 1. The maximum atomic E-state index is 5.36. The lowest BCUT2D eigenvalue weighted by atomic mass is 10.1. The molecular weight excluding hydrogens is 238 g/mol. The number of hydrogen-bond acceptors (Lipinski definition) is 3. The first kappa shape index (κ1) is 12.1. The first-order valence-electron chi connectivity index (χ1n) is 6.55. The Bertz CT molecular complexity index is 540. The third-order valence-corrected chi connectivity index (χ3v) is 3.20. The van der Waals surface area contributed by atoms with E-state index < -0.39 is 0 Å². The minimum atomic E-state index is 0.334. The maximum Gasteiger partial charge on any atom is 0.231 e. The predicted molar refractivity (Wildman–Crippen MR) is 74.4 cm³/mol. The highest BCUT2D eigenvalue weighted by atomic mass is 16.7. The van der Waals surface area contributed by atoms with Crippen LogP contribution in [0, 0.1) is 0 Å². The molecule has 0 aromatic heterocycles. The van der Waals surface area contributed by atoms with Crippen molar-refractivity contribution in [2.75, 3.05) is 13.3 Å². The van der Waals surface area contributed by atoms with Gasteiger partial charge in [0.1, 0.15) is 0 Å². The molecule has 0 aliphatic carbocycles. The van der Waals surface area contributed by atoms with Gasteiger partial charge in [-0.05, 0) is 36.2 Å². The van der Waals surface area contributed by atoms with Crippen LogP contribution in [0.1, 0.15) is 11.1 Å². The Morgan fingerprint density at radius 2 is 1.74 bits per heavy atom. The number of rotatable bonds is 5. The molecule has 2 aromatic rings. The van der Waals surface area contributed by atoms with E-state index in [0.29, 0.717) is 6.79 Å². The molecule has 0 radical (unpaired) electrons. The quantitative estimate of drug-likeness (QED) is 0.833. The highest BCUT2D eigenvalue weighted by Crippen LogP contribution is 2.32. The van der Waals surface area contributed by atoms with Crippen molar-refractivity contribution >= 4 is 0 Å². The van der Waals surface area contributed by atoms with Gasteiger partial charge in [-0.15, -0.1) is 0 Å². The van der Waals surface area contributed by atoms with Crippen molar-refractivity contribution in [2.24, 2.45) is 0 Å². The van der Waals surface area contributed by atoms with E-state index >= 15 is 0 Å². The third kappa shape index (κ3) is 3.06. The van der Waals surface area contributed by atoms with Gasteiger partial charge in [0.25, 0.3) is 0 Å². The minimum absolute atomic E-state index is 0.334. The van der Waals surface area contributed by atoms with E-state index in [4.69, 9.17) is 9.47 Å². The molecule has 2 aromatic carbocycles. The van der Waals surface area contributed by atoms with E-state index in [0.717, 1.165) is 31.0 Å². The second kappa shape index (κ2) is 5.76. The van der Waals surface area contributed by atoms with E-state index in [1.807, 2.05) is 18.2 Å². The van der Waals surface area contributed by atoms with Gasteiger partial charge in [0, 0.05) is 6.54 Å². The summed E-state index contributed by atoms with van der Waals surface area (Å²) in [7, 11) is 0. The lowest BCUT2D eigenvalue weighted by Crippen LogP contribution is -2.16. The summed E-state index contributed by atoms with van der Waals surface area (Å²) in [6, 6.07) is 16.6. The van der Waals surface area contributed by atoms with Crippen molar-refractivity contribution < 1.29 is 9.47 Å². The second-order valence-electron chi connectivity index (χ2n) is 4.60. The summed E-state index contributed by atoms with van der Waals surface area (Å²) in [5.41, 5.74) is 2.58. The molecule has 1 N–H and O–H groups in total. The molecule has 1 aliphatic heterocycles. The molecule has 0 bridgehead atoms. The van der Waals surface area contributed by atoms with Gasteiger partial charge in [0.15, 0.2) is 11.5 Å². The Morgan fingerprint density at radius 3 is 2.63 bits per heavy atom. The van der Waals surface area contributed by atoms with Gasteiger partial charge >= 0.3 is 0 Å². The van der Waals surface area contributed by atoms with E-state index in [1.165, 1.54) is 11.1 Å². The summed E-state index contributed by atoms with van der Waals surface area (Å²) in [5, 5.41) is 3.44. The van der Waals surface area contributed by atoms with Gasteiger partial charge < -0.3 is 14.8 Å². The first-order valence-corrected chi connectivity index (χ1v) is 6.55. The SMILES string of the molecule is c1ccc(CCNCc2ccc3c(c2)OCO3)cc1. The lowest BCUT2D eigenvalue weighted by Gasteiger charge is -2.06. The number of benzene rings is 2. The van der Waals surface area contributed by atoms with Crippen LogP contribution >= 0.6 is 0 Å². The highest BCUT2D eigenvalue weighted by molar-refractivity contribution is 5.44. The van der Waals surface area contributed by atoms with Gasteiger partial charge in [-0.3, -0.25) is 0 Å². The van der Waals surface area contributed by atoms with E-state index in [2.05, 4.69) is 35.6 Å². The van der Waals surface area contributed by atoms with Crippen LogP contribution in [0.5, 0.6) is 11.5 Å². The van der Waals surface area contributed by atoms with Crippen molar-refractivity contribution in [1.29, 1.82) is 0 Å². The van der Waals surface area contributed by atoms with E-state index in [9.17, 15) is 0 Å². The predicted octanol–water partition coefficient (Wildman–Crippen LogP) is 2.75. The summed E-state index contributed by atoms with van der Waals surface area (Å²) >= 11 is 0. The van der Waals surface area contributed by atoms with Crippen LogP contribution in [0.25, 0.3) is 0 Å². The first-order chi connectivity index (χ1) is 9.42. The van der Waals surface area contributed by atoms with Crippen LogP contribution in [0.3, 0.4) is 0 Å². The topological polar surface area (TPSA) is 30.5 Å². The third-order valence-electron chi connectivity index (χ3n) is 3.20. The zero-order valence-electron chi connectivity index (χ0n) is 10.8. The minimum Gasteiger partial charge on any atom is -0.454 e. The average molecular weight is 255 g/mol. The summed E-state index contributed by atoms with van der Waals surface area (Å²) in [4.78, 5) is 0. The van der Waals surface area contributed by atoms with Crippen LogP contribution in [0.2, 0.25) is 0 Å². The van der Waals surface area contributed by atoms with E-state index in [-0.39, 0.29) is 0 Å². The molecule has 19 heavy (non-hydrogen) atoms. The largest absolute Gasteiger partial charge is 0.454 e. The van der Waals surface area contributed by atoms with Crippen molar-refractivity contribution in [3.8, 4) is 11.5 Å². The van der Waals surface area contributed by atoms with Crippen LogP contribution in [0.4, 0.5) is 0 Å². The number of fused-ring (bicyclic) bond motifs is 1. The summed E-state index contributed by atoms with van der Waals surface area (Å²) < 4.78 is 10.7. The Hall–Kier alpha value is -2.00. The average Bonchev–Trinajstić information content (AvgIpc) is 2.92. The lowest BCUT2D eigenvalue weighted by molar-refractivity contribution is 0.174. The molecule has 0 fully saturated rings. The van der Waals surface area contributed by atoms with E-state index in [1.54, 1.807) is 0 Å². The Kier molecular flexibility index (Phi) is 3.65. The molecule has 98 valence electrons. The molecule has 0 atom stereocenters. The fourth-order valence-corrected chi connectivity index (χ4v) is 2.16. The fourth-order valence-electron chi connectivity index (χ4n) is 2.16. The molecular formula is C16H17NO2. The second-order valence-corrected chi connectivity index (χ2v) is 4.60. The molecule has 0 saturated heterocycles. The monoisotopic (exact) mass is 255 g/mol. The van der Waals surface area contributed by atoms with Crippen molar-refractivity contribution in [1.82, 2.24) is 5.32 Å². The zero-order valence-corrected chi connectivity index (χ0v) is 10.8. The standard InChI is InChI=1S/C16H17NO2/c1-2-4-13(5-3-1)8-9-17-11-14-6-7-15-16(10-14)19-12-18-15/h1-7,10,17H,8-9,11-12H2. The van der Waals surface area contributed by atoms with Crippen molar-refractivity contribution in [3.05, 3.63) is 59.7 Å². The Morgan fingerprint density at radius 1 is 0.895 bits per heavy atom. The van der Waals surface area contributed by atoms with Gasteiger partial charge in [-0.1, -0.05) is 36.4 Å². The van der Waals surface area contributed by atoms with Crippen LogP contribution in [0.15, 0.2) is 48.5 Å². The fraction of sp³-hybridized carbons (Fsp3) is 0.250. The van der Waals surface area contributed by atoms with Crippen molar-refractivity contribution in [3.63, 3.8) is 0 Å². The summed E-state index contributed by atoms with van der Waals surface area (Å²) in [6.45, 7) is 2.15. The maximum absolute atomic E-state index is 5.36. The van der Waals surface area contributed by atoms with Gasteiger partial charge in [-0.25, -0.2) is 0 Å². The molecule has 0 spiro atoms. The van der Waals surface area contributed by atoms with Crippen molar-refractivity contribution in [2.45, 2.75) is 13.0 Å². The van der Waals surface area contributed by atoms with Crippen LogP contribution < -0.4 is 14.8 Å². The highest BCUT2D eigenvalue weighted by Gasteiger charge is 2.12. The Balaban J connectivity index is 1.48. The number of ether oxygens (including phenoxy) is 2. The Labute approximate surface area is 113 Å². The zero-order chi connectivity index (χ0) is 12.9. The normalized spacial score (nSPS) is 12.6. The van der Waals surface area contributed by atoms with Crippen LogP contribution in [-0.4, -0.2) is 13.3 Å². The molecule has 0 saturated carbocycles. The molecule has 1 aliphatic rings. The summed E-state index contributed by atoms with van der Waals surface area (Å²) in [5.74, 6) is 1.69. The molecule has 0 unspecified atom stereocenters. The van der Waals surface area contributed by atoms with Gasteiger partial charge in [0.05, 0.1) is 0 Å². The number of nitrogens with one attached hydrogen (secondary N) is 1. The molecule has 3 rings (SSSR count). The van der Waals surface area contributed by atoms with Gasteiger partial charge in [0.2, 0.25) is 6.79 Å². The molecule has 1 heterocycles.